The topological polar surface area (TPSA) is 232 Å². The monoisotopic (exact) mass is 583 g/mol. The van der Waals surface area contributed by atoms with Crippen LogP contribution in [0.25, 0.3) is 10.9 Å². The molecule has 3 rings (SSSR count). The summed E-state index contributed by atoms with van der Waals surface area (Å²) in [6.07, 6.45) is 4.19. The molecule has 0 spiro atoms. The third-order valence-corrected chi connectivity index (χ3v) is 6.66. The molecule has 0 aliphatic rings. The summed E-state index contributed by atoms with van der Waals surface area (Å²) in [7, 11) is 0. The molecule has 3 aromatic rings. The highest BCUT2D eigenvalue weighted by atomic mass is 16.4. The number of para-hydroxylation sites is 1. The van der Waals surface area contributed by atoms with Gasteiger partial charge in [0.2, 0.25) is 17.7 Å². The van der Waals surface area contributed by atoms with Crippen molar-refractivity contribution >= 4 is 40.6 Å². The molecule has 0 aliphatic heterocycles. The highest BCUT2D eigenvalue weighted by Gasteiger charge is 2.31. The number of benzene rings is 1. The summed E-state index contributed by atoms with van der Waals surface area (Å²) in [5.41, 5.74) is 8.11. The highest BCUT2D eigenvalue weighted by molar-refractivity contribution is 5.94. The first-order chi connectivity index (χ1) is 19.9. The molecule has 14 nitrogen and oxygen atoms in total. The van der Waals surface area contributed by atoms with Gasteiger partial charge in [-0.15, -0.1) is 0 Å². The van der Waals surface area contributed by atoms with E-state index < -0.39 is 60.2 Å². The Bertz CT molecular complexity index is 1390. The molecular weight excluding hydrogens is 546 g/mol. The summed E-state index contributed by atoms with van der Waals surface area (Å²) in [6.45, 7) is 3.68. The number of fused-ring (bicyclic) bond motifs is 1. The molecule has 0 fully saturated rings. The molecule has 226 valence electrons. The minimum absolute atomic E-state index is 0.0382. The van der Waals surface area contributed by atoms with E-state index in [1.165, 1.54) is 12.5 Å². The molecule has 0 saturated heterocycles. The summed E-state index contributed by atoms with van der Waals surface area (Å²) >= 11 is 0. The number of aromatic nitrogens is 3. The molecule has 4 unspecified atom stereocenters. The van der Waals surface area contributed by atoms with Crippen LogP contribution in [0.15, 0.2) is 43.0 Å². The van der Waals surface area contributed by atoms with Crippen molar-refractivity contribution in [1.29, 1.82) is 0 Å². The van der Waals surface area contributed by atoms with Crippen LogP contribution in [-0.4, -0.2) is 79.0 Å². The molecule has 2 heterocycles. The third kappa shape index (κ3) is 9.16. The third-order valence-electron chi connectivity index (χ3n) is 6.66. The average Bonchev–Trinajstić information content (AvgIpc) is 3.59. The molecule has 0 saturated carbocycles. The van der Waals surface area contributed by atoms with Gasteiger partial charge in [0, 0.05) is 48.3 Å². The summed E-state index contributed by atoms with van der Waals surface area (Å²) in [5, 5.41) is 27.4. The van der Waals surface area contributed by atoms with Crippen molar-refractivity contribution in [1.82, 2.24) is 30.9 Å². The minimum Gasteiger partial charge on any atom is -0.481 e. The first-order valence-corrected chi connectivity index (χ1v) is 13.6. The lowest BCUT2D eigenvalue weighted by atomic mass is 10.0. The van der Waals surface area contributed by atoms with Crippen molar-refractivity contribution in [3.63, 3.8) is 0 Å². The number of hydrogen-bond donors (Lipinski definition) is 8. The lowest BCUT2D eigenvalue weighted by Crippen LogP contribution is -2.57. The van der Waals surface area contributed by atoms with Gasteiger partial charge in [0.1, 0.15) is 18.1 Å². The van der Waals surface area contributed by atoms with E-state index in [0.717, 1.165) is 10.9 Å². The van der Waals surface area contributed by atoms with E-state index in [1.54, 1.807) is 6.20 Å². The number of aliphatic carboxylic acids is 2. The Hall–Kier alpha value is -4.72. The summed E-state index contributed by atoms with van der Waals surface area (Å²) in [5.74, 6) is -4.71. The summed E-state index contributed by atoms with van der Waals surface area (Å²) < 4.78 is 0. The molecule has 4 atom stereocenters. The van der Waals surface area contributed by atoms with E-state index in [4.69, 9.17) is 5.73 Å². The molecule has 1 aromatic carbocycles. The van der Waals surface area contributed by atoms with Crippen molar-refractivity contribution in [3.8, 4) is 0 Å². The molecule has 14 heteroatoms. The van der Waals surface area contributed by atoms with Gasteiger partial charge in [-0.1, -0.05) is 32.0 Å². The van der Waals surface area contributed by atoms with Crippen LogP contribution < -0.4 is 21.7 Å². The highest BCUT2D eigenvalue weighted by Crippen LogP contribution is 2.19. The van der Waals surface area contributed by atoms with Crippen LogP contribution in [0.2, 0.25) is 0 Å². The molecule has 0 aliphatic carbocycles. The van der Waals surface area contributed by atoms with Gasteiger partial charge in [0.15, 0.2) is 0 Å². The van der Waals surface area contributed by atoms with Crippen LogP contribution in [0.5, 0.6) is 0 Å². The fourth-order valence-corrected chi connectivity index (χ4v) is 4.51. The van der Waals surface area contributed by atoms with Crippen molar-refractivity contribution in [3.05, 3.63) is 54.2 Å². The molecule has 42 heavy (non-hydrogen) atoms. The van der Waals surface area contributed by atoms with E-state index >= 15 is 0 Å². The Morgan fingerprint density at radius 2 is 1.57 bits per heavy atom. The van der Waals surface area contributed by atoms with Gasteiger partial charge < -0.3 is 41.9 Å². The maximum absolute atomic E-state index is 13.3. The number of nitrogens with two attached hydrogens (primary N) is 1. The van der Waals surface area contributed by atoms with E-state index in [0.29, 0.717) is 11.3 Å². The molecule has 0 bridgehead atoms. The number of hydrogen-bond acceptors (Lipinski definition) is 7. The second kappa shape index (κ2) is 14.8. The van der Waals surface area contributed by atoms with Gasteiger partial charge in [-0.25, -0.2) is 9.78 Å². The zero-order valence-corrected chi connectivity index (χ0v) is 23.4. The fraction of sp³-hybridized carbons (Fsp3) is 0.429. The van der Waals surface area contributed by atoms with Crippen molar-refractivity contribution in [2.24, 2.45) is 11.7 Å². The van der Waals surface area contributed by atoms with E-state index in [2.05, 4.69) is 30.9 Å². The number of amides is 3. The number of carboxylic acid groups (broad SMARTS) is 2. The van der Waals surface area contributed by atoms with E-state index in [1.807, 2.05) is 38.1 Å². The largest absolute Gasteiger partial charge is 0.481 e. The van der Waals surface area contributed by atoms with Crippen molar-refractivity contribution in [2.75, 3.05) is 0 Å². The predicted molar refractivity (Wildman–Crippen MR) is 152 cm³/mol. The molecule has 2 aromatic heterocycles. The number of aromatic amines is 2. The number of carbonyl (C=O) groups excluding carboxylic acids is 3. The zero-order valence-electron chi connectivity index (χ0n) is 23.4. The molecule has 0 radical (unpaired) electrons. The molecular formula is C28H37N7O7. The number of H-pyrrole nitrogens is 2. The maximum atomic E-state index is 13.3. The second-order valence-electron chi connectivity index (χ2n) is 10.5. The Morgan fingerprint density at radius 1 is 0.905 bits per heavy atom. The number of carbonyl (C=O) groups is 5. The first kappa shape index (κ1) is 31.8. The minimum atomic E-state index is -1.37. The van der Waals surface area contributed by atoms with Gasteiger partial charge in [-0.05, 0) is 30.4 Å². The number of carboxylic acids is 2. The van der Waals surface area contributed by atoms with Crippen LogP contribution >= 0.6 is 0 Å². The first-order valence-electron chi connectivity index (χ1n) is 13.6. The van der Waals surface area contributed by atoms with Gasteiger partial charge in [-0.3, -0.25) is 19.2 Å². The van der Waals surface area contributed by atoms with Crippen LogP contribution in [0.3, 0.4) is 0 Å². The normalized spacial score (nSPS) is 14.1. The Kier molecular flexibility index (Phi) is 11.2. The Morgan fingerprint density at radius 3 is 2.21 bits per heavy atom. The fourth-order valence-electron chi connectivity index (χ4n) is 4.51. The van der Waals surface area contributed by atoms with Crippen LogP contribution in [0.1, 0.15) is 44.4 Å². The van der Waals surface area contributed by atoms with Crippen LogP contribution in [0.4, 0.5) is 0 Å². The van der Waals surface area contributed by atoms with Gasteiger partial charge in [0.05, 0.1) is 12.4 Å². The van der Waals surface area contributed by atoms with Crippen LogP contribution in [-0.2, 0) is 36.8 Å². The number of imidazole rings is 1. The lowest BCUT2D eigenvalue weighted by molar-refractivity contribution is -0.143. The molecule has 3 amide bonds. The Balaban J connectivity index is 1.73. The SMILES string of the molecule is CC(C)CC(NC(=O)C(N)Cc1cnc[nH]1)C(=O)NC(CCC(=O)O)C(=O)NC(Cc1c[nH]c2ccccc12)C(=O)O. The standard InChI is InChI=1S/C28H37N7O7/c1-15(2)9-22(34-25(38)19(29)11-17-13-30-14-32-17)27(40)33-21(7-8-24(36)37)26(39)35-23(28(41)42)10-16-12-31-20-6-4-3-5-18(16)20/h3-6,12-15,19,21-23,31H,7-11,29H2,1-2H3,(H,30,32)(H,33,40)(H,34,38)(H,35,39)(H,36,37)(H,41,42). The number of nitrogens with zero attached hydrogens (tertiary/aromatic N) is 1. The van der Waals surface area contributed by atoms with Gasteiger partial charge >= 0.3 is 11.9 Å². The maximum Gasteiger partial charge on any atom is 0.326 e. The van der Waals surface area contributed by atoms with Crippen molar-refractivity contribution in [2.45, 2.75) is 70.1 Å². The van der Waals surface area contributed by atoms with Crippen molar-refractivity contribution < 1.29 is 34.2 Å². The van der Waals surface area contributed by atoms with E-state index in [9.17, 15) is 34.2 Å². The predicted octanol–water partition coefficient (Wildman–Crippen LogP) is 0.453. The smallest absolute Gasteiger partial charge is 0.326 e. The average molecular weight is 584 g/mol. The lowest BCUT2D eigenvalue weighted by Gasteiger charge is -2.26. The van der Waals surface area contributed by atoms with E-state index in [-0.39, 0.29) is 31.6 Å². The zero-order chi connectivity index (χ0) is 30.8. The quantitative estimate of drug-likeness (QED) is 0.117. The second-order valence-corrected chi connectivity index (χ2v) is 10.5. The number of nitrogens with one attached hydrogen (secondary N) is 5. The van der Waals surface area contributed by atoms with Gasteiger partial charge in [-0.2, -0.15) is 0 Å². The number of rotatable bonds is 16. The summed E-state index contributed by atoms with van der Waals surface area (Å²) in [6, 6.07) is 2.50. The molecule has 9 N–H and O–H groups in total. The van der Waals surface area contributed by atoms with Crippen LogP contribution in [0, 0.1) is 5.92 Å². The Labute approximate surface area is 241 Å². The summed E-state index contributed by atoms with van der Waals surface area (Å²) in [4.78, 5) is 72.5. The van der Waals surface area contributed by atoms with Gasteiger partial charge in [0.25, 0.3) is 0 Å².